The maximum Gasteiger partial charge on any atom is 0.149 e. The first kappa shape index (κ1) is 13.1. The van der Waals surface area contributed by atoms with E-state index in [2.05, 4.69) is 44.4 Å². The molecule has 0 rings (SSSR count). The number of aliphatic imine (C=N–C) groups is 2. The zero-order chi connectivity index (χ0) is 11.0. The lowest BCUT2D eigenvalue weighted by Crippen LogP contribution is -1.91. The Morgan fingerprint density at radius 3 is 2.36 bits per heavy atom. The third kappa shape index (κ3) is 4.95. The van der Waals surface area contributed by atoms with Gasteiger partial charge < -0.3 is 0 Å². The molecule has 0 radical (unpaired) electrons. The van der Waals surface area contributed by atoms with E-state index < -0.39 is 0 Å². The van der Waals surface area contributed by atoms with Crippen LogP contribution in [0, 0.1) is 5.92 Å². The number of hydrogen-bond donors (Lipinski definition) is 0. The van der Waals surface area contributed by atoms with Crippen molar-refractivity contribution in [3.63, 3.8) is 0 Å². The van der Waals surface area contributed by atoms with Gasteiger partial charge in [0.1, 0.15) is 5.82 Å². The highest BCUT2D eigenvalue weighted by Crippen LogP contribution is 2.16. The van der Waals surface area contributed by atoms with Crippen molar-refractivity contribution < 1.29 is 0 Å². The minimum Gasteiger partial charge on any atom is -0.245 e. The van der Waals surface area contributed by atoms with E-state index in [1.165, 1.54) is 5.57 Å². The minimum absolute atomic E-state index is 0.464. The molecule has 0 bridgehead atoms. The van der Waals surface area contributed by atoms with Crippen LogP contribution in [0.1, 0.15) is 47.0 Å². The summed E-state index contributed by atoms with van der Waals surface area (Å²) in [6, 6.07) is 0. The first-order valence-electron chi connectivity index (χ1n) is 5.38. The van der Waals surface area contributed by atoms with Crippen LogP contribution in [0.5, 0.6) is 0 Å². The highest BCUT2D eigenvalue weighted by molar-refractivity contribution is 5.61. The summed E-state index contributed by atoms with van der Waals surface area (Å²) in [6.45, 7) is 12.1. The molecule has 0 unspecified atom stereocenters. The Labute approximate surface area is 87.9 Å². The molecule has 0 saturated heterocycles. The van der Waals surface area contributed by atoms with Crippen molar-refractivity contribution in [2.75, 3.05) is 0 Å². The van der Waals surface area contributed by atoms with Crippen LogP contribution < -0.4 is 0 Å². The Morgan fingerprint density at radius 1 is 1.36 bits per heavy atom. The second-order valence-corrected chi connectivity index (χ2v) is 3.71. The van der Waals surface area contributed by atoms with Crippen molar-refractivity contribution >= 4 is 12.9 Å². The second kappa shape index (κ2) is 7.48. The zero-order valence-corrected chi connectivity index (χ0v) is 9.88. The molecular weight excluding hydrogens is 172 g/mol. The van der Waals surface area contributed by atoms with Crippen LogP contribution in [0.4, 0.5) is 0 Å². The minimum atomic E-state index is 0.464. The SMILES string of the molecule is C=N/C(N=CC(C)C)=C(\CC)CCC. The molecule has 0 amide bonds. The lowest BCUT2D eigenvalue weighted by molar-refractivity contribution is 0.832. The highest BCUT2D eigenvalue weighted by Gasteiger charge is 2.00. The maximum absolute atomic E-state index is 4.36. The first-order valence-corrected chi connectivity index (χ1v) is 5.38. The van der Waals surface area contributed by atoms with Gasteiger partial charge in [-0.25, -0.2) is 9.98 Å². The quantitative estimate of drug-likeness (QED) is 0.574. The smallest absolute Gasteiger partial charge is 0.149 e. The van der Waals surface area contributed by atoms with Crippen molar-refractivity contribution in [3.05, 3.63) is 11.4 Å². The number of rotatable bonds is 6. The molecule has 0 aliphatic carbocycles. The molecule has 80 valence electrons. The van der Waals surface area contributed by atoms with Gasteiger partial charge in [0, 0.05) is 6.21 Å². The van der Waals surface area contributed by atoms with Crippen molar-refractivity contribution in [3.8, 4) is 0 Å². The van der Waals surface area contributed by atoms with Crippen LogP contribution in [-0.4, -0.2) is 12.9 Å². The number of allylic oxidation sites excluding steroid dienone is 1. The van der Waals surface area contributed by atoms with E-state index in [0.717, 1.165) is 25.1 Å². The molecule has 0 aromatic rings. The first-order chi connectivity index (χ1) is 6.65. The highest BCUT2D eigenvalue weighted by atomic mass is 14.9. The van der Waals surface area contributed by atoms with Gasteiger partial charge in [-0.15, -0.1) is 0 Å². The fraction of sp³-hybridized carbons (Fsp3) is 0.667. The second-order valence-electron chi connectivity index (χ2n) is 3.71. The van der Waals surface area contributed by atoms with Gasteiger partial charge in [0.15, 0.2) is 0 Å². The standard InChI is InChI=1S/C12H22N2/c1-6-8-11(7-2)12(13-5)14-9-10(3)4/h9-10H,5-8H2,1-4H3/b12-11-,14-9?. The van der Waals surface area contributed by atoms with Crippen LogP contribution in [-0.2, 0) is 0 Å². The van der Waals surface area contributed by atoms with Gasteiger partial charge >= 0.3 is 0 Å². The van der Waals surface area contributed by atoms with Crippen molar-refractivity contribution in [2.24, 2.45) is 15.9 Å². The van der Waals surface area contributed by atoms with Crippen molar-refractivity contribution in [1.29, 1.82) is 0 Å². The van der Waals surface area contributed by atoms with E-state index in [0.29, 0.717) is 5.92 Å². The van der Waals surface area contributed by atoms with Crippen LogP contribution in [0.3, 0.4) is 0 Å². The molecule has 0 fully saturated rings. The normalized spacial score (nSPS) is 13.5. The van der Waals surface area contributed by atoms with Crippen LogP contribution in [0.2, 0.25) is 0 Å². The van der Waals surface area contributed by atoms with Crippen LogP contribution >= 0.6 is 0 Å². The Morgan fingerprint density at radius 2 is 2.00 bits per heavy atom. The molecule has 0 aliphatic heterocycles. The fourth-order valence-corrected chi connectivity index (χ4v) is 1.21. The Balaban J connectivity index is 4.69. The molecule has 0 aliphatic rings. The molecule has 0 spiro atoms. The van der Waals surface area contributed by atoms with Crippen molar-refractivity contribution in [1.82, 2.24) is 0 Å². The van der Waals surface area contributed by atoms with Crippen molar-refractivity contribution in [2.45, 2.75) is 47.0 Å². The number of nitrogens with zero attached hydrogens (tertiary/aromatic N) is 2. The lowest BCUT2D eigenvalue weighted by atomic mass is 10.1. The van der Waals surface area contributed by atoms with Gasteiger partial charge in [-0.3, -0.25) is 0 Å². The summed E-state index contributed by atoms with van der Waals surface area (Å²) in [5, 5.41) is 0. The predicted octanol–water partition coefficient (Wildman–Crippen LogP) is 3.84. The predicted molar refractivity (Wildman–Crippen MR) is 65.1 cm³/mol. The molecule has 0 heterocycles. The summed E-state index contributed by atoms with van der Waals surface area (Å²) in [6.07, 6.45) is 5.15. The zero-order valence-electron chi connectivity index (χ0n) is 9.88. The summed E-state index contributed by atoms with van der Waals surface area (Å²) < 4.78 is 0. The monoisotopic (exact) mass is 194 g/mol. The molecule has 0 N–H and O–H groups in total. The van der Waals surface area contributed by atoms with E-state index in [9.17, 15) is 0 Å². The summed E-state index contributed by atoms with van der Waals surface area (Å²) in [7, 11) is 0. The third-order valence-electron chi connectivity index (χ3n) is 1.94. The average Bonchev–Trinajstić information content (AvgIpc) is 2.16. The maximum atomic E-state index is 4.36. The Hall–Kier alpha value is -0.920. The number of hydrogen-bond acceptors (Lipinski definition) is 2. The van der Waals surface area contributed by atoms with E-state index >= 15 is 0 Å². The molecular formula is C12H22N2. The largest absolute Gasteiger partial charge is 0.245 e. The van der Waals surface area contributed by atoms with Crippen LogP contribution in [0.25, 0.3) is 0 Å². The fourth-order valence-electron chi connectivity index (χ4n) is 1.21. The van der Waals surface area contributed by atoms with Gasteiger partial charge in [-0.05, 0) is 31.1 Å². The molecule has 0 aromatic carbocycles. The lowest BCUT2D eigenvalue weighted by Gasteiger charge is -2.05. The van der Waals surface area contributed by atoms with E-state index in [1.54, 1.807) is 0 Å². The Kier molecular flexibility index (Phi) is 6.99. The summed E-state index contributed by atoms with van der Waals surface area (Å²) in [5.41, 5.74) is 1.31. The van der Waals surface area contributed by atoms with Gasteiger partial charge in [-0.1, -0.05) is 34.1 Å². The average molecular weight is 194 g/mol. The van der Waals surface area contributed by atoms with Crippen LogP contribution in [0.15, 0.2) is 21.4 Å². The van der Waals surface area contributed by atoms with E-state index in [1.807, 2.05) is 6.21 Å². The summed E-state index contributed by atoms with van der Waals surface area (Å²) in [5.74, 6) is 1.29. The topological polar surface area (TPSA) is 24.7 Å². The molecule has 2 nitrogen and oxygen atoms in total. The molecule has 0 atom stereocenters. The van der Waals surface area contributed by atoms with E-state index in [4.69, 9.17) is 0 Å². The van der Waals surface area contributed by atoms with Gasteiger partial charge in [-0.2, -0.15) is 0 Å². The molecule has 14 heavy (non-hydrogen) atoms. The van der Waals surface area contributed by atoms with Gasteiger partial charge in [0.25, 0.3) is 0 Å². The summed E-state index contributed by atoms with van der Waals surface area (Å²) >= 11 is 0. The van der Waals surface area contributed by atoms with Gasteiger partial charge in [0.05, 0.1) is 0 Å². The molecule has 0 saturated carbocycles. The summed E-state index contributed by atoms with van der Waals surface area (Å²) in [4.78, 5) is 8.34. The third-order valence-corrected chi connectivity index (χ3v) is 1.94. The van der Waals surface area contributed by atoms with Gasteiger partial charge in [0.2, 0.25) is 0 Å². The Bertz CT molecular complexity index is 224. The molecule has 0 aromatic heterocycles. The molecule has 2 heteroatoms. The van der Waals surface area contributed by atoms with E-state index in [-0.39, 0.29) is 0 Å².